The number of nitrogens with zero attached hydrogens (tertiary/aromatic N) is 3. The Morgan fingerprint density at radius 3 is 2.95 bits per heavy atom. The van der Waals surface area contributed by atoms with E-state index in [1.165, 1.54) is 18.1 Å². The number of benzene rings is 1. The SMILES string of the molecule is CCOc1ccc(N)cc1Cn1cnc(C(=O)OC)n1. The third-order valence-electron chi connectivity index (χ3n) is 2.62. The van der Waals surface area contributed by atoms with E-state index >= 15 is 0 Å². The monoisotopic (exact) mass is 276 g/mol. The molecule has 0 fully saturated rings. The highest BCUT2D eigenvalue weighted by Crippen LogP contribution is 2.22. The molecule has 0 aliphatic rings. The molecule has 2 aromatic rings. The van der Waals surface area contributed by atoms with Gasteiger partial charge in [0.1, 0.15) is 12.1 Å². The van der Waals surface area contributed by atoms with Crippen LogP contribution >= 0.6 is 0 Å². The summed E-state index contributed by atoms with van der Waals surface area (Å²) in [5, 5.41) is 4.04. The van der Waals surface area contributed by atoms with Crippen molar-refractivity contribution in [1.29, 1.82) is 0 Å². The van der Waals surface area contributed by atoms with Gasteiger partial charge in [-0.05, 0) is 25.1 Å². The van der Waals surface area contributed by atoms with Gasteiger partial charge in [0.15, 0.2) is 0 Å². The minimum absolute atomic E-state index is 0.0226. The highest BCUT2D eigenvalue weighted by Gasteiger charge is 2.12. The summed E-state index contributed by atoms with van der Waals surface area (Å²) < 4.78 is 11.6. The zero-order chi connectivity index (χ0) is 14.5. The number of rotatable bonds is 5. The molecule has 7 nitrogen and oxygen atoms in total. The molecule has 0 saturated heterocycles. The van der Waals surface area contributed by atoms with Gasteiger partial charge in [-0.25, -0.2) is 14.5 Å². The molecule has 0 amide bonds. The van der Waals surface area contributed by atoms with Gasteiger partial charge in [-0.3, -0.25) is 0 Å². The van der Waals surface area contributed by atoms with E-state index in [-0.39, 0.29) is 5.82 Å². The summed E-state index contributed by atoms with van der Waals surface area (Å²) in [4.78, 5) is 15.2. The zero-order valence-electron chi connectivity index (χ0n) is 11.4. The molecular formula is C13H16N4O3. The molecule has 0 unspecified atom stereocenters. The number of carbonyl (C=O) groups is 1. The van der Waals surface area contributed by atoms with Crippen LogP contribution in [0.15, 0.2) is 24.5 Å². The van der Waals surface area contributed by atoms with E-state index in [0.717, 1.165) is 11.3 Å². The number of methoxy groups -OCH3 is 1. The van der Waals surface area contributed by atoms with Crippen molar-refractivity contribution >= 4 is 11.7 Å². The fourth-order valence-corrected chi connectivity index (χ4v) is 1.75. The number of nitrogens with two attached hydrogens (primary N) is 1. The molecule has 2 N–H and O–H groups in total. The van der Waals surface area contributed by atoms with E-state index in [2.05, 4.69) is 14.8 Å². The molecule has 0 atom stereocenters. The van der Waals surface area contributed by atoms with Crippen molar-refractivity contribution in [3.63, 3.8) is 0 Å². The second kappa shape index (κ2) is 6.05. The van der Waals surface area contributed by atoms with Crippen molar-refractivity contribution < 1.29 is 14.3 Å². The number of esters is 1. The summed E-state index contributed by atoms with van der Waals surface area (Å²) in [5.74, 6) is 0.188. The summed E-state index contributed by atoms with van der Waals surface area (Å²) in [7, 11) is 1.29. The number of hydrogen-bond acceptors (Lipinski definition) is 6. The average molecular weight is 276 g/mol. The first-order chi connectivity index (χ1) is 9.63. The molecule has 0 aliphatic carbocycles. The van der Waals surface area contributed by atoms with E-state index in [0.29, 0.717) is 18.8 Å². The lowest BCUT2D eigenvalue weighted by molar-refractivity contribution is 0.0586. The van der Waals surface area contributed by atoms with Crippen molar-refractivity contribution in [2.45, 2.75) is 13.5 Å². The Morgan fingerprint density at radius 2 is 2.25 bits per heavy atom. The van der Waals surface area contributed by atoms with Crippen LogP contribution in [0.5, 0.6) is 5.75 Å². The highest BCUT2D eigenvalue weighted by atomic mass is 16.5. The molecule has 0 aliphatic heterocycles. The summed E-state index contributed by atoms with van der Waals surface area (Å²) in [6.45, 7) is 2.87. The predicted octanol–water partition coefficient (Wildman–Crippen LogP) is 1.09. The smallest absolute Gasteiger partial charge is 0.377 e. The molecule has 2 rings (SSSR count). The maximum Gasteiger partial charge on any atom is 0.377 e. The standard InChI is InChI=1S/C13H16N4O3/c1-3-20-11-5-4-10(14)6-9(11)7-17-8-15-12(16-17)13(18)19-2/h4-6,8H,3,7,14H2,1-2H3. The van der Waals surface area contributed by atoms with E-state index in [1.54, 1.807) is 6.07 Å². The van der Waals surface area contributed by atoms with Crippen LogP contribution in [0, 0.1) is 0 Å². The van der Waals surface area contributed by atoms with Gasteiger partial charge in [0.25, 0.3) is 5.82 Å². The second-order valence-electron chi connectivity index (χ2n) is 4.06. The molecule has 0 saturated carbocycles. The van der Waals surface area contributed by atoms with Crippen molar-refractivity contribution in [1.82, 2.24) is 14.8 Å². The van der Waals surface area contributed by atoms with Gasteiger partial charge in [-0.2, -0.15) is 0 Å². The van der Waals surface area contributed by atoms with Crippen LogP contribution in [-0.4, -0.2) is 34.5 Å². The van der Waals surface area contributed by atoms with Crippen LogP contribution in [0.25, 0.3) is 0 Å². The number of carbonyl (C=O) groups excluding carboxylic acids is 1. The number of hydrogen-bond donors (Lipinski definition) is 1. The Morgan fingerprint density at radius 1 is 1.45 bits per heavy atom. The molecule has 1 aromatic carbocycles. The Kier molecular flexibility index (Phi) is 4.19. The van der Waals surface area contributed by atoms with E-state index in [4.69, 9.17) is 10.5 Å². The zero-order valence-corrected chi connectivity index (χ0v) is 11.4. The molecule has 0 radical (unpaired) electrons. The van der Waals surface area contributed by atoms with Gasteiger partial charge in [0, 0.05) is 11.3 Å². The predicted molar refractivity (Wildman–Crippen MR) is 72.5 cm³/mol. The third-order valence-corrected chi connectivity index (χ3v) is 2.62. The van der Waals surface area contributed by atoms with Crippen LogP contribution in [-0.2, 0) is 11.3 Å². The normalized spacial score (nSPS) is 10.3. The lowest BCUT2D eigenvalue weighted by atomic mass is 10.2. The van der Waals surface area contributed by atoms with E-state index in [9.17, 15) is 4.79 Å². The number of anilines is 1. The third kappa shape index (κ3) is 3.05. The van der Waals surface area contributed by atoms with Gasteiger partial charge in [0.05, 0.1) is 20.3 Å². The van der Waals surface area contributed by atoms with Crippen LogP contribution in [0.2, 0.25) is 0 Å². The quantitative estimate of drug-likeness (QED) is 0.649. The van der Waals surface area contributed by atoms with Gasteiger partial charge in [0.2, 0.25) is 0 Å². The largest absolute Gasteiger partial charge is 0.494 e. The molecule has 1 aromatic heterocycles. The Hall–Kier alpha value is -2.57. The fourth-order valence-electron chi connectivity index (χ4n) is 1.75. The highest BCUT2D eigenvalue weighted by molar-refractivity contribution is 5.84. The topological polar surface area (TPSA) is 92.3 Å². The van der Waals surface area contributed by atoms with Crippen LogP contribution in [0.3, 0.4) is 0 Å². The van der Waals surface area contributed by atoms with Crippen LogP contribution in [0.1, 0.15) is 23.1 Å². The summed E-state index contributed by atoms with van der Waals surface area (Å²) >= 11 is 0. The van der Waals surface area contributed by atoms with Crippen LogP contribution < -0.4 is 10.5 Å². The van der Waals surface area contributed by atoms with Crippen molar-refractivity contribution in [3.8, 4) is 5.75 Å². The Bertz CT molecular complexity index is 609. The van der Waals surface area contributed by atoms with Gasteiger partial charge < -0.3 is 15.2 Å². The molecule has 20 heavy (non-hydrogen) atoms. The average Bonchev–Trinajstić information content (AvgIpc) is 2.89. The first-order valence-corrected chi connectivity index (χ1v) is 6.13. The number of nitrogen functional groups attached to an aromatic ring is 1. The summed E-state index contributed by atoms with van der Waals surface area (Å²) in [6.07, 6.45) is 1.46. The number of aromatic nitrogens is 3. The van der Waals surface area contributed by atoms with Gasteiger partial charge >= 0.3 is 5.97 Å². The van der Waals surface area contributed by atoms with Crippen molar-refractivity contribution in [3.05, 3.63) is 35.9 Å². The Balaban J connectivity index is 2.22. The lowest BCUT2D eigenvalue weighted by Crippen LogP contribution is -2.08. The minimum Gasteiger partial charge on any atom is -0.494 e. The molecule has 0 spiro atoms. The van der Waals surface area contributed by atoms with Gasteiger partial charge in [-0.15, -0.1) is 5.10 Å². The van der Waals surface area contributed by atoms with E-state index in [1.807, 2.05) is 19.1 Å². The molecule has 7 heteroatoms. The molecule has 1 heterocycles. The van der Waals surface area contributed by atoms with Crippen molar-refractivity contribution in [2.75, 3.05) is 19.5 Å². The van der Waals surface area contributed by atoms with Crippen molar-refractivity contribution in [2.24, 2.45) is 0 Å². The first kappa shape index (κ1) is 13.9. The molecular weight excluding hydrogens is 260 g/mol. The maximum absolute atomic E-state index is 11.3. The Labute approximate surface area is 116 Å². The minimum atomic E-state index is -0.568. The molecule has 106 valence electrons. The molecule has 0 bridgehead atoms. The van der Waals surface area contributed by atoms with E-state index < -0.39 is 5.97 Å². The second-order valence-corrected chi connectivity index (χ2v) is 4.06. The summed E-state index contributed by atoms with van der Waals surface area (Å²) in [6, 6.07) is 5.40. The van der Waals surface area contributed by atoms with Crippen LogP contribution in [0.4, 0.5) is 5.69 Å². The van der Waals surface area contributed by atoms with Gasteiger partial charge in [-0.1, -0.05) is 0 Å². The lowest BCUT2D eigenvalue weighted by Gasteiger charge is -2.10. The maximum atomic E-state index is 11.3. The number of ether oxygens (including phenoxy) is 2. The summed E-state index contributed by atoms with van der Waals surface area (Å²) in [5.41, 5.74) is 7.28. The fraction of sp³-hybridized carbons (Fsp3) is 0.308. The first-order valence-electron chi connectivity index (χ1n) is 6.13.